The number of carbonyl (C=O) groups excluding carboxylic acids is 1. The van der Waals surface area contributed by atoms with E-state index in [1.165, 1.54) is 32.0 Å². The predicted molar refractivity (Wildman–Crippen MR) is 77.6 cm³/mol. The number of amides is 2. The number of urea groups is 1. The molecule has 1 aromatic carbocycles. The summed E-state index contributed by atoms with van der Waals surface area (Å²) < 4.78 is 13.4. The number of hydrogen-bond acceptors (Lipinski definition) is 2. The highest BCUT2D eigenvalue weighted by Gasteiger charge is 2.27. The van der Waals surface area contributed by atoms with Crippen LogP contribution in [-0.2, 0) is 4.79 Å². The lowest BCUT2D eigenvalue weighted by atomic mass is 9.94. The average Bonchev–Trinajstić information content (AvgIpc) is 2.30. The molecule has 2 amide bonds. The Hall–Kier alpha value is -1.38. The fourth-order valence-corrected chi connectivity index (χ4v) is 1.75. The summed E-state index contributed by atoms with van der Waals surface area (Å²) >= 11 is 1.90. The highest BCUT2D eigenvalue weighted by atomic mass is 127. The molecule has 1 rings (SSSR count). The molecule has 0 bridgehead atoms. The molecule has 0 aliphatic rings. The van der Waals surface area contributed by atoms with Gasteiger partial charge in [-0.2, -0.15) is 0 Å². The van der Waals surface area contributed by atoms with E-state index in [0.717, 1.165) is 0 Å². The summed E-state index contributed by atoms with van der Waals surface area (Å²) in [6.45, 7) is 3.01. The molecule has 0 heterocycles. The number of aliphatic carboxylic acids is 1. The Balaban J connectivity index is 2.59. The maximum atomic E-state index is 12.9. The van der Waals surface area contributed by atoms with Crippen molar-refractivity contribution in [1.82, 2.24) is 5.32 Å². The monoisotopic (exact) mass is 380 g/mol. The van der Waals surface area contributed by atoms with E-state index in [1.54, 1.807) is 0 Å². The molecule has 1 aromatic rings. The molecule has 0 saturated heterocycles. The molecule has 0 aliphatic heterocycles. The van der Waals surface area contributed by atoms with Gasteiger partial charge in [-0.25, -0.2) is 9.18 Å². The van der Waals surface area contributed by atoms with Crippen molar-refractivity contribution in [2.75, 3.05) is 11.9 Å². The van der Waals surface area contributed by atoms with Gasteiger partial charge in [0, 0.05) is 10.1 Å². The van der Waals surface area contributed by atoms with Crippen LogP contribution in [0.15, 0.2) is 18.2 Å². The van der Waals surface area contributed by atoms with Crippen LogP contribution >= 0.6 is 22.6 Å². The molecule has 0 atom stereocenters. The van der Waals surface area contributed by atoms with Gasteiger partial charge in [-0.05, 0) is 54.6 Å². The van der Waals surface area contributed by atoms with E-state index in [2.05, 4.69) is 10.6 Å². The van der Waals surface area contributed by atoms with Gasteiger partial charge >= 0.3 is 12.0 Å². The fraction of sp³-hybridized carbons (Fsp3) is 0.333. The quantitative estimate of drug-likeness (QED) is 0.703. The Labute approximate surface area is 123 Å². The zero-order valence-corrected chi connectivity index (χ0v) is 12.6. The number of halogens is 2. The molecular weight excluding hydrogens is 366 g/mol. The highest BCUT2D eigenvalue weighted by Crippen LogP contribution is 2.19. The van der Waals surface area contributed by atoms with Gasteiger partial charge in [0.1, 0.15) is 5.82 Å². The van der Waals surface area contributed by atoms with Crippen LogP contribution < -0.4 is 10.6 Å². The fourth-order valence-electron chi connectivity index (χ4n) is 1.13. The number of anilines is 1. The zero-order valence-electron chi connectivity index (χ0n) is 10.5. The van der Waals surface area contributed by atoms with Crippen LogP contribution in [0.4, 0.5) is 14.9 Å². The number of rotatable bonds is 4. The topological polar surface area (TPSA) is 78.4 Å². The van der Waals surface area contributed by atoms with Crippen molar-refractivity contribution in [3.8, 4) is 0 Å². The number of carboxylic acid groups (broad SMARTS) is 1. The van der Waals surface area contributed by atoms with Gasteiger partial charge in [0.15, 0.2) is 0 Å². The summed E-state index contributed by atoms with van der Waals surface area (Å²) in [5.41, 5.74) is -0.583. The van der Waals surface area contributed by atoms with Crippen LogP contribution in [0.2, 0.25) is 0 Å². The first-order valence-electron chi connectivity index (χ1n) is 5.45. The highest BCUT2D eigenvalue weighted by molar-refractivity contribution is 14.1. The Bertz CT molecular complexity index is 506. The Morgan fingerprint density at radius 2 is 2.05 bits per heavy atom. The number of carbonyl (C=O) groups is 2. The van der Waals surface area contributed by atoms with Gasteiger partial charge in [0.2, 0.25) is 0 Å². The van der Waals surface area contributed by atoms with Crippen molar-refractivity contribution in [2.24, 2.45) is 5.41 Å². The number of nitrogens with one attached hydrogen (secondary N) is 2. The van der Waals surface area contributed by atoms with Gasteiger partial charge in [0.25, 0.3) is 0 Å². The molecule has 0 saturated carbocycles. The summed E-state index contributed by atoms with van der Waals surface area (Å²) in [6, 6.07) is 3.44. The lowest BCUT2D eigenvalue weighted by molar-refractivity contribution is -0.146. The van der Waals surface area contributed by atoms with E-state index < -0.39 is 17.4 Å². The molecule has 19 heavy (non-hydrogen) atoms. The molecule has 0 spiro atoms. The van der Waals surface area contributed by atoms with Gasteiger partial charge in [-0.1, -0.05) is 0 Å². The average molecular weight is 380 g/mol. The van der Waals surface area contributed by atoms with Crippen LogP contribution in [0, 0.1) is 14.8 Å². The lowest BCUT2D eigenvalue weighted by Gasteiger charge is -2.19. The van der Waals surface area contributed by atoms with Gasteiger partial charge in [-0.3, -0.25) is 4.79 Å². The minimum atomic E-state index is -1.05. The van der Waals surface area contributed by atoms with Gasteiger partial charge in [-0.15, -0.1) is 0 Å². The van der Waals surface area contributed by atoms with Crippen molar-refractivity contribution in [1.29, 1.82) is 0 Å². The third-order valence-corrected chi connectivity index (χ3v) is 3.34. The molecule has 0 aromatic heterocycles. The van der Waals surface area contributed by atoms with Gasteiger partial charge in [0.05, 0.1) is 11.1 Å². The van der Waals surface area contributed by atoms with E-state index in [9.17, 15) is 14.0 Å². The Morgan fingerprint density at radius 1 is 1.42 bits per heavy atom. The normalized spacial score (nSPS) is 10.9. The molecule has 0 fully saturated rings. The van der Waals surface area contributed by atoms with Crippen LogP contribution in [0.3, 0.4) is 0 Å². The third kappa shape index (κ3) is 4.66. The molecule has 0 unspecified atom stereocenters. The summed E-state index contributed by atoms with van der Waals surface area (Å²) in [5.74, 6) is -1.38. The summed E-state index contributed by atoms with van der Waals surface area (Å²) in [4.78, 5) is 22.5. The van der Waals surface area contributed by atoms with Crippen LogP contribution in [-0.4, -0.2) is 23.7 Å². The lowest BCUT2D eigenvalue weighted by Crippen LogP contribution is -2.40. The first-order chi connectivity index (χ1) is 8.72. The molecule has 7 heteroatoms. The van der Waals surface area contributed by atoms with Crippen molar-refractivity contribution < 1.29 is 19.1 Å². The first-order valence-corrected chi connectivity index (χ1v) is 6.53. The second kappa shape index (κ2) is 6.18. The second-order valence-electron chi connectivity index (χ2n) is 4.62. The van der Waals surface area contributed by atoms with Crippen molar-refractivity contribution >= 4 is 40.3 Å². The van der Waals surface area contributed by atoms with E-state index in [1.807, 2.05) is 22.6 Å². The smallest absolute Gasteiger partial charge is 0.319 e. The maximum absolute atomic E-state index is 12.9. The third-order valence-electron chi connectivity index (χ3n) is 2.45. The van der Waals surface area contributed by atoms with Crippen LogP contribution in [0.5, 0.6) is 0 Å². The standard InChI is InChI=1S/C12H14FIN2O3/c1-12(2,10(17)18)6-15-11(19)16-9-4-3-7(13)5-8(9)14/h3-5H,6H2,1-2H3,(H,17,18)(H2,15,16,19). The van der Waals surface area contributed by atoms with E-state index in [-0.39, 0.29) is 12.4 Å². The second-order valence-corrected chi connectivity index (χ2v) is 5.78. The number of benzene rings is 1. The van der Waals surface area contributed by atoms with Crippen LogP contribution in [0.1, 0.15) is 13.8 Å². The minimum Gasteiger partial charge on any atom is -0.481 e. The SMILES string of the molecule is CC(C)(CNC(=O)Nc1ccc(F)cc1I)C(=O)O. The van der Waals surface area contributed by atoms with Crippen molar-refractivity contribution in [3.05, 3.63) is 27.6 Å². The molecular formula is C12H14FIN2O3. The van der Waals surface area contributed by atoms with Crippen molar-refractivity contribution in [2.45, 2.75) is 13.8 Å². The minimum absolute atomic E-state index is 0.00800. The van der Waals surface area contributed by atoms with E-state index in [4.69, 9.17) is 5.11 Å². The summed E-state index contributed by atoms with van der Waals surface area (Å²) in [5, 5.41) is 13.9. The number of hydrogen-bond donors (Lipinski definition) is 3. The first kappa shape index (κ1) is 15.7. The molecule has 0 aliphatic carbocycles. The van der Waals surface area contributed by atoms with Crippen LogP contribution in [0.25, 0.3) is 0 Å². The number of carboxylic acids is 1. The molecule has 104 valence electrons. The predicted octanol–water partition coefficient (Wildman–Crippen LogP) is 2.66. The molecule has 3 N–H and O–H groups in total. The Morgan fingerprint density at radius 3 is 2.58 bits per heavy atom. The zero-order chi connectivity index (χ0) is 14.6. The molecule has 0 radical (unpaired) electrons. The summed E-state index contributed by atoms with van der Waals surface area (Å²) in [7, 11) is 0. The van der Waals surface area contributed by atoms with E-state index >= 15 is 0 Å². The molecule has 5 nitrogen and oxygen atoms in total. The maximum Gasteiger partial charge on any atom is 0.319 e. The summed E-state index contributed by atoms with van der Waals surface area (Å²) in [6.07, 6.45) is 0. The van der Waals surface area contributed by atoms with Crippen molar-refractivity contribution in [3.63, 3.8) is 0 Å². The van der Waals surface area contributed by atoms with Gasteiger partial charge < -0.3 is 15.7 Å². The van der Waals surface area contributed by atoms with E-state index in [0.29, 0.717) is 9.26 Å². The largest absolute Gasteiger partial charge is 0.481 e. The Kier molecular flexibility index (Phi) is 5.10.